The Bertz CT molecular complexity index is 465. The molecule has 1 unspecified atom stereocenters. The summed E-state index contributed by atoms with van der Waals surface area (Å²) in [5.74, 6) is -0.0617. The Morgan fingerprint density at radius 1 is 1.45 bits per heavy atom. The first kappa shape index (κ1) is 15.4. The fraction of sp³-hybridized carbons (Fsp3) is 0.533. The number of carbonyl (C=O) groups is 1. The fourth-order valence-corrected chi connectivity index (χ4v) is 2.99. The lowest BCUT2D eigenvalue weighted by atomic mass is 10.2. The van der Waals surface area contributed by atoms with Gasteiger partial charge in [0.15, 0.2) is 0 Å². The number of amides is 1. The minimum atomic E-state index is -0.383. The number of nitrogens with one attached hydrogen (secondary N) is 1. The highest BCUT2D eigenvalue weighted by molar-refractivity contribution is 8.00. The van der Waals surface area contributed by atoms with Crippen molar-refractivity contribution in [2.45, 2.75) is 30.1 Å². The Labute approximate surface area is 124 Å². The molecule has 1 fully saturated rings. The van der Waals surface area contributed by atoms with Gasteiger partial charge in [0.05, 0.1) is 12.3 Å². The van der Waals surface area contributed by atoms with Crippen molar-refractivity contribution in [1.82, 2.24) is 4.90 Å². The molecule has 0 saturated carbocycles. The van der Waals surface area contributed by atoms with E-state index < -0.39 is 0 Å². The Kier molecular flexibility index (Phi) is 5.46. The normalized spacial score (nSPS) is 20.1. The molecule has 1 heterocycles. The highest BCUT2D eigenvalue weighted by Crippen LogP contribution is 2.30. The molecule has 0 spiro atoms. The van der Waals surface area contributed by atoms with E-state index in [9.17, 15) is 4.79 Å². The van der Waals surface area contributed by atoms with Crippen LogP contribution in [0.25, 0.3) is 0 Å². The van der Waals surface area contributed by atoms with E-state index in [0.29, 0.717) is 18.4 Å². The van der Waals surface area contributed by atoms with Gasteiger partial charge in [0.2, 0.25) is 0 Å². The summed E-state index contributed by atoms with van der Waals surface area (Å²) in [6.45, 7) is 6.41. The van der Waals surface area contributed by atoms with Crippen molar-refractivity contribution in [1.29, 1.82) is 0 Å². The molecule has 1 N–H and O–H groups in total. The van der Waals surface area contributed by atoms with Crippen molar-refractivity contribution in [3.63, 3.8) is 0 Å². The van der Waals surface area contributed by atoms with Crippen molar-refractivity contribution >= 4 is 23.4 Å². The van der Waals surface area contributed by atoms with Crippen LogP contribution in [0.1, 0.15) is 13.8 Å². The van der Waals surface area contributed by atoms with Crippen LogP contribution in [0.15, 0.2) is 29.2 Å². The van der Waals surface area contributed by atoms with Crippen molar-refractivity contribution < 1.29 is 9.53 Å². The molecular weight excluding hydrogens is 272 g/mol. The zero-order valence-electron chi connectivity index (χ0n) is 12.3. The minimum absolute atomic E-state index is 0.0617. The third-order valence-electron chi connectivity index (χ3n) is 3.07. The predicted molar refractivity (Wildman–Crippen MR) is 83.3 cm³/mol. The number of carbonyl (C=O) groups excluding carboxylic acids is 1. The van der Waals surface area contributed by atoms with Crippen molar-refractivity contribution in [2.75, 3.05) is 32.1 Å². The maximum absolute atomic E-state index is 12.3. The minimum Gasteiger partial charge on any atom is -0.366 e. The number of hydrogen-bond acceptors (Lipinski definition) is 4. The number of benzene rings is 1. The molecule has 4 nitrogen and oxygen atoms in total. The van der Waals surface area contributed by atoms with Crippen LogP contribution in [-0.4, -0.2) is 48.9 Å². The summed E-state index contributed by atoms with van der Waals surface area (Å²) in [7, 11) is 2.01. The number of rotatable bonds is 4. The zero-order chi connectivity index (χ0) is 14.5. The van der Waals surface area contributed by atoms with E-state index in [1.54, 1.807) is 11.8 Å². The Morgan fingerprint density at radius 3 is 2.90 bits per heavy atom. The van der Waals surface area contributed by atoms with Gasteiger partial charge >= 0.3 is 0 Å². The molecule has 1 amide bonds. The van der Waals surface area contributed by atoms with Gasteiger partial charge in [0, 0.05) is 23.2 Å². The summed E-state index contributed by atoms with van der Waals surface area (Å²) in [5, 5.41) is 3.47. The molecule has 1 aliphatic rings. The summed E-state index contributed by atoms with van der Waals surface area (Å²) in [6, 6.07) is 7.91. The van der Waals surface area contributed by atoms with Crippen LogP contribution in [0.2, 0.25) is 0 Å². The average Bonchev–Trinajstić information content (AvgIpc) is 2.40. The molecule has 0 bridgehead atoms. The fourth-order valence-electron chi connectivity index (χ4n) is 2.08. The van der Waals surface area contributed by atoms with E-state index in [4.69, 9.17) is 4.74 Å². The van der Waals surface area contributed by atoms with E-state index >= 15 is 0 Å². The van der Waals surface area contributed by atoms with E-state index in [-0.39, 0.29) is 12.0 Å². The zero-order valence-corrected chi connectivity index (χ0v) is 13.1. The van der Waals surface area contributed by atoms with Gasteiger partial charge in [-0.25, -0.2) is 0 Å². The molecule has 1 aliphatic heterocycles. The van der Waals surface area contributed by atoms with Crippen LogP contribution in [0, 0.1) is 0 Å². The number of nitrogens with zero attached hydrogens (tertiary/aromatic N) is 1. The van der Waals surface area contributed by atoms with Crippen LogP contribution in [0.4, 0.5) is 5.69 Å². The lowest BCUT2D eigenvalue weighted by Gasteiger charge is -2.29. The average molecular weight is 294 g/mol. The first-order chi connectivity index (χ1) is 9.56. The number of hydrogen-bond donors (Lipinski definition) is 1. The molecule has 0 aromatic heterocycles. The van der Waals surface area contributed by atoms with Crippen LogP contribution in [-0.2, 0) is 9.53 Å². The number of para-hydroxylation sites is 1. The second kappa shape index (κ2) is 7.11. The monoisotopic (exact) mass is 294 g/mol. The third kappa shape index (κ3) is 4.23. The predicted octanol–water partition coefficient (Wildman–Crippen LogP) is 2.46. The van der Waals surface area contributed by atoms with Gasteiger partial charge in [-0.3, -0.25) is 4.79 Å². The largest absolute Gasteiger partial charge is 0.366 e. The quantitative estimate of drug-likeness (QED) is 0.866. The molecular formula is C15H22N2O2S. The van der Waals surface area contributed by atoms with Gasteiger partial charge in [-0.05, 0) is 19.2 Å². The Hall–Kier alpha value is -1.04. The molecule has 2 rings (SSSR count). The van der Waals surface area contributed by atoms with Crippen LogP contribution in [0.3, 0.4) is 0 Å². The second-order valence-electron chi connectivity index (χ2n) is 5.27. The topological polar surface area (TPSA) is 41.6 Å². The van der Waals surface area contributed by atoms with E-state index in [0.717, 1.165) is 17.1 Å². The van der Waals surface area contributed by atoms with Crippen LogP contribution >= 0.6 is 11.8 Å². The molecule has 110 valence electrons. The number of thioether (sulfide) groups is 1. The van der Waals surface area contributed by atoms with E-state index in [2.05, 4.69) is 24.1 Å². The van der Waals surface area contributed by atoms with Gasteiger partial charge in [-0.2, -0.15) is 0 Å². The number of likely N-dealkylation sites (N-methyl/N-ethyl adjacent to an activating group) is 1. The molecule has 0 radical (unpaired) electrons. The first-order valence-electron chi connectivity index (χ1n) is 6.93. The van der Waals surface area contributed by atoms with E-state index in [1.807, 2.05) is 31.3 Å². The van der Waals surface area contributed by atoms with Gasteiger partial charge in [-0.15, -0.1) is 11.8 Å². The molecule has 1 atom stereocenters. The summed E-state index contributed by atoms with van der Waals surface area (Å²) in [5.41, 5.74) is 0.869. The lowest BCUT2D eigenvalue weighted by Crippen LogP contribution is -2.46. The first-order valence-corrected chi connectivity index (χ1v) is 7.81. The van der Waals surface area contributed by atoms with Crippen molar-refractivity contribution in [3.8, 4) is 0 Å². The van der Waals surface area contributed by atoms with Crippen LogP contribution < -0.4 is 5.32 Å². The smallest absolute Gasteiger partial charge is 0.254 e. The summed E-state index contributed by atoms with van der Waals surface area (Å²) >= 11 is 1.75. The summed E-state index contributed by atoms with van der Waals surface area (Å²) in [6.07, 6.45) is -0.383. The van der Waals surface area contributed by atoms with E-state index in [1.165, 1.54) is 0 Å². The Balaban J connectivity index is 2.03. The third-order valence-corrected chi connectivity index (χ3v) is 4.15. The molecule has 20 heavy (non-hydrogen) atoms. The lowest BCUT2D eigenvalue weighted by molar-refractivity contribution is -0.132. The van der Waals surface area contributed by atoms with Crippen molar-refractivity contribution in [3.05, 3.63) is 24.3 Å². The number of morpholine rings is 1. The molecule has 0 aliphatic carbocycles. The number of anilines is 1. The second-order valence-corrected chi connectivity index (χ2v) is 6.89. The SMILES string of the molecule is CC(C)Sc1ccccc1NC(=O)C1CN(C)CCO1. The number of ether oxygens (including phenoxy) is 1. The van der Waals surface area contributed by atoms with Gasteiger partial charge in [-0.1, -0.05) is 26.0 Å². The standard InChI is InChI=1S/C15H22N2O2S/c1-11(2)20-14-7-5-4-6-12(14)16-15(18)13-10-17(3)8-9-19-13/h4-7,11,13H,8-10H2,1-3H3,(H,16,18). The molecule has 1 aromatic carbocycles. The molecule has 5 heteroatoms. The highest BCUT2D eigenvalue weighted by atomic mass is 32.2. The van der Waals surface area contributed by atoms with Gasteiger partial charge < -0.3 is 15.0 Å². The Morgan fingerprint density at radius 2 is 2.20 bits per heavy atom. The summed E-state index contributed by atoms with van der Waals surface area (Å²) in [4.78, 5) is 15.5. The van der Waals surface area contributed by atoms with Crippen LogP contribution in [0.5, 0.6) is 0 Å². The highest BCUT2D eigenvalue weighted by Gasteiger charge is 2.25. The molecule has 1 aromatic rings. The maximum atomic E-state index is 12.3. The van der Waals surface area contributed by atoms with Gasteiger partial charge in [0.25, 0.3) is 5.91 Å². The summed E-state index contributed by atoms with van der Waals surface area (Å²) < 4.78 is 5.54. The molecule has 1 saturated heterocycles. The van der Waals surface area contributed by atoms with Gasteiger partial charge in [0.1, 0.15) is 6.10 Å². The van der Waals surface area contributed by atoms with Crippen molar-refractivity contribution in [2.24, 2.45) is 0 Å². The maximum Gasteiger partial charge on any atom is 0.254 e.